The highest BCUT2D eigenvalue weighted by Crippen LogP contribution is 2.17. The molecule has 4 heterocycles. The van der Waals surface area contributed by atoms with Gasteiger partial charge in [-0.2, -0.15) is 7.82 Å². The van der Waals surface area contributed by atoms with Crippen LogP contribution in [0.5, 0.6) is 0 Å². The summed E-state index contributed by atoms with van der Waals surface area (Å²) in [6, 6.07) is 25.3. The second-order valence-corrected chi connectivity index (χ2v) is 28.2. The van der Waals surface area contributed by atoms with Crippen LogP contribution in [0.4, 0.5) is 0 Å². The van der Waals surface area contributed by atoms with Crippen LogP contribution in [-0.4, -0.2) is 0 Å². The van der Waals surface area contributed by atoms with Crippen LogP contribution in [0.25, 0.3) is 0 Å². The van der Waals surface area contributed by atoms with Crippen molar-refractivity contribution in [2.24, 2.45) is 0 Å². The second kappa shape index (κ2) is 79.0. The molecule has 0 atom stereocenters. The highest BCUT2D eigenvalue weighted by Gasteiger charge is 2.03. The van der Waals surface area contributed by atoms with Crippen LogP contribution in [0.15, 0.2) is 122 Å². The number of hydrogen-bond acceptors (Lipinski definition) is 4. The van der Waals surface area contributed by atoms with E-state index in [2.05, 4.69) is 168 Å². The average Bonchev–Trinajstić information content (AvgIpc) is 3.80. The van der Waals surface area contributed by atoms with Gasteiger partial charge >= 0.3 is 0 Å². The summed E-state index contributed by atoms with van der Waals surface area (Å²) in [4.78, 5) is 25.6. The highest BCUT2D eigenvalue weighted by atomic mass is 35.5. The Kier molecular flexibility index (Phi) is 78.2. The first kappa shape index (κ1) is 93.1. The molecule has 0 fully saturated rings. The van der Waals surface area contributed by atoms with Gasteiger partial charge in [-0.25, -0.2) is 18.3 Å². The van der Waals surface area contributed by atoms with Gasteiger partial charge in [0.05, 0.1) is 0 Å². The molecule has 4 aromatic rings. The van der Waals surface area contributed by atoms with Crippen molar-refractivity contribution in [3.8, 4) is 0 Å². The molecule has 0 saturated carbocycles. The van der Waals surface area contributed by atoms with Gasteiger partial charge in [-0.3, -0.25) is 0 Å². The lowest BCUT2D eigenvalue weighted by atomic mass is 10.0. The van der Waals surface area contributed by atoms with E-state index in [1.807, 2.05) is 0 Å². The van der Waals surface area contributed by atoms with Crippen LogP contribution >= 0.6 is 7.82 Å². The van der Waals surface area contributed by atoms with Gasteiger partial charge in [0.15, 0.2) is 49.6 Å². The third kappa shape index (κ3) is 79.7. The molecule has 0 amide bonds. The molecule has 0 spiro atoms. The van der Waals surface area contributed by atoms with Gasteiger partial charge in [-0.05, 0) is 25.7 Å². The maximum atomic E-state index is 8.55. The first-order chi connectivity index (χ1) is 45.7. The van der Waals surface area contributed by atoms with E-state index >= 15 is 0 Å². The van der Waals surface area contributed by atoms with Gasteiger partial charge in [-0.15, -0.1) is 0 Å². The fourth-order valence-corrected chi connectivity index (χ4v) is 12.3. The molecule has 10 heteroatoms. The summed E-state index contributed by atoms with van der Waals surface area (Å²) in [5.41, 5.74) is 0. The maximum absolute atomic E-state index is 8.55. The standard InChI is InChI=1S/4C21H38N.ClH.H3O4P/c4*1-2-3-4-5-6-7-8-9-10-11-12-13-14-16-19-22-20-17-15-18-21-22;;1-5(2,3)4/h4*15,17-18,20-21H,2-14,16,19H2,1H3;1H;(H3,1,2,3,4)/q4*+1;;/p-4. The molecule has 0 unspecified atom stereocenters. The smallest absolute Gasteiger partial charge is 0.168 e. The number of phosphoric acid groups is 1. The Bertz CT molecular complexity index is 1740. The van der Waals surface area contributed by atoms with Crippen molar-refractivity contribution in [3.63, 3.8) is 0 Å². The molecule has 0 radical (unpaired) electrons. The minimum atomic E-state index is -5.39. The van der Waals surface area contributed by atoms with Gasteiger partial charge in [0.2, 0.25) is 0 Å². The Morgan fingerprint density at radius 3 is 0.394 bits per heavy atom. The zero-order valence-corrected chi connectivity index (χ0v) is 63.9. The van der Waals surface area contributed by atoms with Crippen molar-refractivity contribution in [1.82, 2.24) is 0 Å². The molecule has 0 saturated heterocycles. The van der Waals surface area contributed by atoms with Gasteiger partial charge in [0.1, 0.15) is 26.2 Å². The minimum absolute atomic E-state index is 0. The number of pyridine rings is 4. The predicted molar refractivity (Wildman–Crippen MR) is 395 cm³/mol. The van der Waals surface area contributed by atoms with Gasteiger partial charge in [-0.1, -0.05) is 360 Å². The average molecular weight is 1350 g/mol. The van der Waals surface area contributed by atoms with Crippen LogP contribution in [-0.2, 0) is 30.7 Å². The van der Waals surface area contributed by atoms with E-state index in [9.17, 15) is 0 Å². The van der Waals surface area contributed by atoms with Crippen molar-refractivity contribution in [2.75, 3.05) is 0 Å². The number of hydrogen-bond donors (Lipinski definition) is 0. The number of unbranched alkanes of at least 4 members (excludes halogenated alkanes) is 52. The Balaban J connectivity index is 0. The highest BCUT2D eigenvalue weighted by molar-refractivity contribution is 7.40. The largest absolute Gasteiger partial charge is 1.00 e. The third-order valence-corrected chi connectivity index (χ3v) is 18.2. The molecule has 0 bridgehead atoms. The maximum Gasteiger partial charge on any atom is 0.168 e. The molecular formula is C84H152ClN4O4P. The molecule has 544 valence electrons. The summed E-state index contributed by atoms with van der Waals surface area (Å²) < 4.78 is 17.7. The van der Waals surface area contributed by atoms with Crippen LogP contribution in [0.2, 0.25) is 0 Å². The normalized spacial score (nSPS) is 10.9. The van der Waals surface area contributed by atoms with E-state index in [1.165, 1.54) is 386 Å². The van der Waals surface area contributed by atoms with Gasteiger partial charge < -0.3 is 31.7 Å². The molecule has 0 aromatic carbocycles. The lowest BCUT2D eigenvalue weighted by Gasteiger charge is -2.36. The number of aryl methyl sites for hydroxylation is 4. The van der Waals surface area contributed by atoms with Crippen LogP contribution in [0.3, 0.4) is 0 Å². The van der Waals surface area contributed by atoms with E-state index in [0.717, 1.165) is 0 Å². The van der Waals surface area contributed by atoms with Crippen molar-refractivity contribution in [2.45, 2.75) is 413 Å². The first-order valence-electron chi connectivity index (χ1n) is 40.2. The molecule has 0 aliphatic heterocycles. The van der Waals surface area contributed by atoms with E-state index in [4.69, 9.17) is 19.2 Å². The topological polar surface area (TPSA) is 102 Å². The van der Waals surface area contributed by atoms with Crippen LogP contribution in [0, 0.1) is 0 Å². The predicted octanol–water partition coefficient (Wildman–Crippen LogP) is 20.0. The lowest BCUT2D eigenvalue weighted by molar-refractivity contribution is -0.697. The molecule has 94 heavy (non-hydrogen) atoms. The fourth-order valence-electron chi connectivity index (χ4n) is 12.3. The summed E-state index contributed by atoms with van der Waals surface area (Å²) >= 11 is 0. The van der Waals surface area contributed by atoms with E-state index in [1.54, 1.807) is 0 Å². The molecule has 0 aliphatic carbocycles. The van der Waals surface area contributed by atoms with Crippen LogP contribution in [0.1, 0.15) is 387 Å². The van der Waals surface area contributed by atoms with E-state index in [-0.39, 0.29) is 12.4 Å². The molecular weight excluding hydrogens is 1200 g/mol. The van der Waals surface area contributed by atoms with E-state index in [0.29, 0.717) is 0 Å². The summed E-state index contributed by atoms with van der Waals surface area (Å²) in [5, 5.41) is 0. The third-order valence-electron chi connectivity index (χ3n) is 18.2. The number of aromatic nitrogens is 4. The fraction of sp³-hybridized carbons (Fsp3) is 0.762. The summed E-state index contributed by atoms with van der Waals surface area (Å²) in [6.07, 6.45) is 97.7. The number of halogens is 1. The number of nitrogens with zero attached hydrogens (tertiary/aromatic N) is 4. The first-order valence-corrected chi connectivity index (χ1v) is 41.7. The summed E-state index contributed by atoms with van der Waals surface area (Å²) in [7, 11) is -5.39. The SMILES string of the molecule is CCCCCCCCCCCCCCCC[n+]1ccccc1.CCCCCCCCCCCCCCCC[n+]1ccccc1.CCCCCCCCCCCCCCCC[n+]1ccccc1.CCCCCCCCCCCCCCCC[n+]1ccccc1.O=P([O-])([O-])[O-].[Cl-]. The molecule has 8 nitrogen and oxygen atoms in total. The van der Waals surface area contributed by atoms with Crippen molar-refractivity contribution >= 4 is 7.82 Å². The summed E-state index contributed by atoms with van der Waals surface area (Å²) in [5.74, 6) is 0. The van der Waals surface area contributed by atoms with Crippen LogP contribution < -0.4 is 45.4 Å². The van der Waals surface area contributed by atoms with Crippen molar-refractivity contribution in [1.29, 1.82) is 0 Å². The zero-order valence-electron chi connectivity index (χ0n) is 62.2. The number of rotatable bonds is 60. The zero-order chi connectivity index (χ0) is 67.4. The Morgan fingerprint density at radius 1 is 0.191 bits per heavy atom. The molecule has 4 rings (SSSR count). The van der Waals surface area contributed by atoms with Gasteiger partial charge in [0, 0.05) is 74.2 Å². The monoisotopic (exact) mass is 1350 g/mol. The van der Waals surface area contributed by atoms with E-state index < -0.39 is 7.82 Å². The minimum Gasteiger partial charge on any atom is -1.00 e. The Morgan fingerprint density at radius 2 is 0.287 bits per heavy atom. The Labute approximate surface area is 590 Å². The van der Waals surface area contributed by atoms with Gasteiger partial charge in [0.25, 0.3) is 0 Å². The second-order valence-electron chi connectivity index (χ2n) is 27.3. The van der Waals surface area contributed by atoms with Crippen molar-refractivity contribution in [3.05, 3.63) is 122 Å². The quantitative estimate of drug-likeness (QED) is 0.0250. The molecule has 4 aromatic heterocycles. The summed E-state index contributed by atoms with van der Waals surface area (Å²) in [6.45, 7) is 13.9. The lowest BCUT2D eigenvalue weighted by Crippen LogP contribution is -3.00. The molecule has 0 aliphatic rings. The van der Waals surface area contributed by atoms with Crippen molar-refractivity contribution < 1.29 is 49.9 Å². The molecule has 0 N–H and O–H groups in total. The Hall–Kier alpha value is -3.00.